The summed E-state index contributed by atoms with van der Waals surface area (Å²) in [7, 11) is 2.40. The van der Waals surface area contributed by atoms with E-state index in [4.69, 9.17) is 0 Å². The third kappa shape index (κ3) is 17.0. The molecule has 1 atom stereocenters. The van der Waals surface area contributed by atoms with Gasteiger partial charge in [-0.25, -0.2) is 0 Å². The Bertz CT molecular complexity index is 485. The van der Waals surface area contributed by atoms with Crippen molar-refractivity contribution in [2.45, 2.75) is 137 Å². The first-order chi connectivity index (χ1) is 16.6. The number of hydrogen-bond donors (Lipinski definition) is 0. The van der Waals surface area contributed by atoms with Crippen LogP contribution in [0.5, 0.6) is 0 Å². The summed E-state index contributed by atoms with van der Waals surface area (Å²) in [5.74, 6) is 9.36. The molecule has 0 aromatic carbocycles. The van der Waals surface area contributed by atoms with Crippen molar-refractivity contribution in [3.8, 4) is 11.8 Å². The zero-order valence-corrected chi connectivity index (χ0v) is 24.2. The van der Waals surface area contributed by atoms with Crippen molar-refractivity contribution in [2.75, 3.05) is 39.8 Å². The van der Waals surface area contributed by atoms with Crippen LogP contribution in [-0.4, -0.2) is 49.6 Å². The Kier molecular flexibility index (Phi) is 20.1. The first-order valence-corrected chi connectivity index (χ1v) is 15.5. The Morgan fingerprint density at radius 2 is 1.35 bits per heavy atom. The van der Waals surface area contributed by atoms with Crippen molar-refractivity contribution >= 4 is 0 Å². The minimum absolute atomic E-state index is 0.579. The second kappa shape index (κ2) is 21.7. The molecular formula is C32H62N2. The molecule has 200 valence electrons. The molecule has 34 heavy (non-hydrogen) atoms. The molecule has 0 spiro atoms. The van der Waals surface area contributed by atoms with Crippen LogP contribution < -0.4 is 0 Å². The summed E-state index contributed by atoms with van der Waals surface area (Å²) >= 11 is 0. The standard InChI is InChI=1S/C32H62N2/c1-6-9-12-15-21-31(22-16-13-10-7-2)28-33(5)29-32-23-26-34(27-24-32)25-18-17-20-30(4)19-14-11-8-3/h30-32H,6-16,18-19,21-29H2,1-5H3. The Balaban J connectivity index is 2.26. The van der Waals surface area contributed by atoms with Gasteiger partial charge in [-0.15, -0.1) is 11.8 Å². The molecule has 0 saturated carbocycles. The van der Waals surface area contributed by atoms with Gasteiger partial charge in [0.15, 0.2) is 0 Å². The van der Waals surface area contributed by atoms with Crippen LogP contribution in [0.25, 0.3) is 0 Å². The molecule has 0 aliphatic carbocycles. The maximum Gasteiger partial charge on any atom is 0.0217 e. The first-order valence-electron chi connectivity index (χ1n) is 15.5. The minimum Gasteiger partial charge on any atom is -0.306 e. The van der Waals surface area contributed by atoms with Gasteiger partial charge in [0, 0.05) is 32.0 Å². The van der Waals surface area contributed by atoms with Crippen LogP contribution in [0.3, 0.4) is 0 Å². The Morgan fingerprint density at radius 3 is 1.94 bits per heavy atom. The van der Waals surface area contributed by atoms with Crippen LogP contribution in [0.4, 0.5) is 0 Å². The van der Waals surface area contributed by atoms with Crippen LogP contribution in [0.15, 0.2) is 0 Å². The van der Waals surface area contributed by atoms with Gasteiger partial charge in [-0.2, -0.15) is 0 Å². The normalized spacial score (nSPS) is 16.2. The maximum absolute atomic E-state index is 3.49. The summed E-state index contributed by atoms with van der Waals surface area (Å²) in [5, 5.41) is 0. The molecule has 0 aromatic heterocycles. The summed E-state index contributed by atoms with van der Waals surface area (Å²) in [5.41, 5.74) is 0. The average molecular weight is 475 g/mol. The highest BCUT2D eigenvalue weighted by Gasteiger charge is 2.21. The van der Waals surface area contributed by atoms with E-state index in [1.54, 1.807) is 0 Å². The first kappa shape index (κ1) is 31.5. The average Bonchev–Trinajstić information content (AvgIpc) is 2.83. The maximum atomic E-state index is 3.49. The Hall–Kier alpha value is -0.520. The lowest BCUT2D eigenvalue weighted by molar-refractivity contribution is 0.145. The summed E-state index contributed by atoms with van der Waals surface area (Å²) in [6, 6.07) is 0. The predicted molar refractivity (Wildman–Crippen MR) is 153 cm³/mol. The molecular weight excluding hydrogens is 412 g/mol. The van der Waals surface area contributed by atoms with E-state index in [9.17, 15) is 0 Å². The third-order valence-corrected chi connectivity index (χ3v) is 7.92. The fourth-order valence-corrected chi connectivity index (χ4v) is 5.63. The van der Waals surface area contributed by atoms with E-state index in [2.05, 4.69) is 56.4 Å². The highest BCUT2D eigenvalue weighted by atomic mass is 15.1. The number of likely N-dealkylation sites (tertiary alicyclic amines) is 1. The number of hydrogen-bond acceptors (Lipinski definition) is 2. The minimum atomic E-state index is 0.579. The molecule has 1 aliphatic heterocycles. The predicted octanol–water partition coefficient (Wildman–Crippen LogP) is 8.80. The lowest BCUT2D eigenvalue weighted by Crippen LogP contribution is -2.39. The Morgan fingerprint density at radius 1 is 0.794 bits per heavy atom. The van der Waals surface area contributed by atoms with E-state index in [0.29, 0.717) is 5.92 Å². The summed E-state index contributed by atoms with van der Waals surface area (Å²) in [6.45, 7) is 15.6. The van der Waals surface area contributed by atoms with Gasteiger partial charge in [0.05, 0.1) is 0 Å². The van der Waals surface area contributed by atoms with Crippen molar-refractivity contribution in [1.29, 1.82) is 0 Å². The van der Waals surface area contributed by atoms with Gasteiger partial charge < -0.3 is 9.80 Å². The van der Waals surface area contributed by atoms with Crippen LogP contribution in [0.1, 0.15) is 137 Å². The largest absolute Gasteiger partial charge is 0.306 e. The second-order valence-corrected chi connectivity index (χ2v) is 11.5. The third-order valence-electron chi connectivity index (χ3n) is 7.92. The summed E-state index contributed by atoms with van der Waals surface area (Å²) < 4.78 is 0. The summed E-state index contributed by atoms with van der Waals surface area (Å²) in [6.07, 6.45) is 23.3. The van der Waals surface area contributed by atoms with E-state index in [1.165, 1.54) is 135 Å². The van der Waals surface area contributed by atoms with E-state index < -0.39 is 0 Å². The molecule has 2 nitrogen and oxygen atoms in total. The van der Waals surface area contributed by atoms with Gasteiger partial charge in [0.1, 0.15) is 0 Å². The lowest BCUT2D eigenvalue weighted by atomic mass is 9.92. The highest BCUT2D eigenvalue weighted by Crippen LogP contribution is 2.22. The zero-order chi connectivity index (χ0) is 24.9. The Labute approximate surface area is 216 Å². The fourth-order valence-electron chi connectivity index (χ4n) is 5.63. The van der Waals surface area contributed by atoms with Gasteiger partial charge in [0.2, 0.25) is 0 Å². The summed E-state index contributed by atoms with van der Waals surface area (Å²) in [4.78, 5) is 5.35. The molecule has 0 aromatic rings. The number of nitrogens with zero attached hydrogens (tertiary/aromatic N) is 2. The van der Waals surface area contributed by atoms with Gasteiger partial charge in [-0.3, -0.25) is 0 Å². The van der Waals surface area contributed by atoms with Gasteiger partial charge in [0.25, 0.3) is 0 Å². The number of piperidine rings is 1. The van der Waals surface area contributed by atoms with Crippen LogP contribution >= 0.6 is 0 Å². The van der Waals surface area contributed by atoms with Crippen LogP contribution in [-0.2, 0) is 0 Å². The molecule has 0 amide bonds. The van der Waals surface area contributed by atoms with Crippen molar-refractivity contribution in [2.24, 2.45) is 17.8 Å². The molecule has 1 aliphatic rings. The van der Waals surface area contributed by atoms with Gasteiger partial charge in [-0.1, -0.05) is 98.3 Å². The highest BCUT2D eigenvalue weighted by molar-refractivity contribution is 5.02. The molecule has 1 saturated heterocycles. The van der Waals surface area contributed by atoms with Crippen molar-refractivity contribution in [3.63, 3.8) is 0 Å². The van der Waals surface area contributed by atoms with Crippen molar-refractivity contribution in [1.82, 2.24) is 9.80 Å². The van der Waals surface area contributed by atoms with E-state index in [-0.39, 0.29) is 0 Å². The molecule has 0 bridgehead atoms. The van der Waals surface area contributed by atoms with Gasteiger partial charge >= 0.3 is 0 Å². The van der Waals surface area contributed by atoms with E-state index in [0.717, 1.165) is 18.3 Å². The zero-order valence-electron chi connectivity index (χ0n) is 24.2. The molecule has 1 unspecified atom stereocenters. The smallest absolute Gasteiger partial charge is 0.0217 e. The quantitative estimate of drug-likeness (QED) is 0.128. The van der Waals surface area contributed by atoms with E-state index in [1.807, 2.05) is 0 Å². The van der Waals surface area contributed by atoms with Crippen LogP contribution in [0.2, 0.25) is 0 Å². The molecule has 0 N–H and O–H groups in total. The molecule has 1 fully saturated rings. The van der Waals surface area contributed by atoms with E-state index >= 15 is 0 Å². The van der Waals surface area contributed by atoms with Crippen molar-refractivity contribution < 1.29 is 0 Å². The van der Waals surface area contributed by atoms with Gasteiger partial charge in [-0.05, 0) is 64.1 Å². The monoisotopic (exact) mass is 474 g/mol. The molecule has 1 heterocycles. The molecule has 1 rings (SSSR count). The van der Waals surface area contributed by atoms with Crippen molar-refractivity contribution in [3.05, 3.63) is 0 Å². The second-order valence-electron chi connectivity index (χ2n) is 11.5. The van der Waals surface area contributed by atoms with Crippen LogP contribution in [0, 0.1) is 29.6 Å². The topological polar surface area (TPSA) is 6.48 Å². The number of unbranched alkanes of at least 4 members (excludes halogenated alkanes) is 8. The molecule has 0 radical (unpaired) electrons. The molecule has 2 heteroatoms. The SMILES string of the molecule is CCCCCCC(CCCCCC)CN(C)CC1CCN(CCC#CC(C)CCCCC)CC1. The number of rotatable bonds is 20. The lowest BCUT2D eigenvalue weighted by Gasteiger charge is -2.34. The fraction of sp³-hybridized carbons (Fsp3) is 0.938.